The number of aryl methyl sites for hydroxylation is 1. The molecule has 1 aliphatic carbocycles. The van der Waals surface area contributed by atoms with E-state index in [9.17, 15) is 13.2 Å². The van der Waals surface area contributed by atoms with Gasteiger partial charge in [0.1, 0.15) is 23.5 Å². The van der Waals surface area contributed by atoms with Crippen molar-refractivity contribution in [2.75, 3.05) is 0 Å². The number of benzene rings is 2. The van der Waals surface area contributed by atoms with E-state index < -0.39 is 17.5 Å². The van der Waals surface area contributed by atoms with Crippen molar-refractivity contribution in [3.05, 3.63) is 69.5 Å². The molecule has 0 aliphatic heterocycles. The number of halogens is 3. The van der Waals surface area contributed by atoms with Crippen molar-refractivity contribution in [2.45, 2.75) is 44.9 Å². The van der Waals surface area contributed by atoms with Crippen molar-refractivity contribution in [3.63, 3.8) is 0 Å². The topological polar surface area (TPSA) is 23.8 Å². The summed E-state index contributed by atoms with van der Waals surface area (Å²) in [5, 5.41) is 8.90. The molecule has 2 aromatic carbocycles. The van der Waals surface area contributed by atoms with E-state index in [1.54, 1.807) is 6.07 Å². The molecule has 1 nitrogen and oxygen atoms in total. The van der Waals surface area contributed by atoms with Crippen LogP contribution in [0.15, 0.2) is 24.3 Å². The minimum Gasteiger partial charge on any atom is -0.207 e. The Balaban J connectivity index is 1.94. The highest BCUT2D eigenvalue weighted by Crippen LogP contribution is 2.37. The van der Waals surface area contributed by atoms with Gasteiger partial charge in [0.25, 0.3) is 0 Å². The van der Waals surface area contributed by atoms with Crippen molar-refractivity contribution in [2.24, 2.45) is 0 Å². The molecule has 0 bridgehead atoms. The van der Waals surface area contributed by atoms with Gasteiger partial charge in [0.2, 0.25) is 0 Å². The molecule has 2 aromatic rings. The summed E-state index contributed by atoms with van der Waals surface area (Å²) >= 11 is 0. The van der Waals surface area contributed by atoms with Crippen molar-refractivity contribution >= 4 is 0 Å². The summed E-state index contributed by atoms with van der Waals surface area (Å²) in [5.74, 6) is -1.82. The van der Waals surface area contributed by atoms with Crippen LogP contribution in [0, 0.1) is 28.8 Å². The fourth-order valence-electron chi connectivity index (χ4n) is 3.60. The largest absolute Gasteiger partial charge is 0.207 e. The van der Waals surface area contributed by atoms with Gasteiger partial charge in [-0.25, -0.2) is 13.2 Å². The van der Waals surface area contributed by atoms with Crippen molar-refractivity contribution in [1.82, 2.24) is 0 Å². The van der Waals surface area contributed by atoms with Crippen LogP contribution in [0.25, 0.3) is 0 Å². The molecular formula is C20H18F3N. The van der Waals surface area contributed by atoms with Crippen LogP contribution in [-0.2, 0) is 19.3 Å². The summed E-state index contributed by atoms with van der Waals surface area (Å²) in [6.07, 6.45) is 2.72. The highest BCUT2D eigenvalue weighted by Gasteiger charge is 2.28. The fraction of sp³-hybridized carbons (Fsp3) is 0.350. The first-order valence-corrected chi connectivity index (χ1v) is 8.23. The quantitative estimate of drug-likeness (QED) is 0.759. The molecule has 0 heterocycles. The number of nitriles is 1. The van der Waals surface area contributed by atoms with Crippen molar-refractivity contribution in [3.8, 4) is 6.07 Å². The predicted molar refractivity (Wildman–Crippen MR) is 86.2 cm³/mol. The van der Waals surface area contributed by atoms with Gasteiger partial charge in [0.15, 0.2) is 0 Å². The average Bonchev–Trinajstić information content (AvgIpc) is 2.55. The normalized spacial score (nSPS) is 16.5. The first-order valence-electron chi connectivity index (χ1n) is 8.23. The molecule has 0 amide bonds. The Hall–Kier alpha value is -2.28. The summed E-state index contributed by atoms with van der Waals surface area (Å²) < 4.78 is 43.1. The second kappa shape index (κ2) is 6.68. The summed E-state index contributed by atoms with van der Waals surface area (Å²) in [7, 11) is 0. The lowest BCUT2D eigenvalue weighted by Crippen LogP contribution is -2.17. The van der Waals surface area contributed by atoms with E-state index in [-0.39, 0.29) is 17.0 Å². The van der Waals surface area contributed by atoms with E-state index in [2.05, 4.69) is 0 Å². The van der Waals surface area contributed by atoms with Gasteiger partial charge >= 0.3 is 0 Å². The van der Waals surface area contributed by atoms with Gasteiger partial charge in [-0.05, 0) is 66.5 Å². The smallest absolute Gasteiger partial charge is 0.144 e. The zero-order valence-electron chi connectivity index (χ0n) is 13.5. The van der Waals surface area contributed by atoms with Crippen LogP contribution in [0.5, 0.6) is 0 Å². The molecule has 0 fully saturated rings. The lowest BCUT2D eigenvalue weighted by atomic mass is 9.79. The third kappa shape index (κ3) is 2.91. The zero-order valence-corrected chi connectivity index (χ0v) is 13.5. The number of fused-ring (bicyclic) bond motifs is 1. The van der Waals surface area contributed by atoms with Crippen molar-refractivity contribution in [1.29, 1.82) is 5.26 Å². The Labute approximate surface area is 139 Å². The number of hydrogen-bond acceptors (Lipinski definition) is 1. The minimum atomic E-state index is -0.513. The predicted octanol–water partition coefficient (Wildman–Crippen LogP) is 5.20. The van der Waals surface area contributed by atoms with Crippen LogP contribution in [0.3, 0.4) is 0 Å². The Morgan fingerprint density at radius 3 is 2.50 bits per heavy atom. The maximum absolute atomic E-state index is 14.4. The molecule has 0 N–H and O–H groups in total. The number of rotatable bonds is 3. The number of hydrogen-bond donors (Lipinski definition) is 0. The first kappa shape index (κ1) is 16.6. The highest BCUT2D eigenvalue weighted by molar-refractivity contribution is 5.43. The summed E-state index contributed by atoms with van der Waals surface area (Å²) in [6.45, 7) is 1.96. The highest BCUT2D eigenvalue weighted by atomic mass is 19.1. The van der Waals surface area contributed by atoms with Crippen molar-refractivity contribution < 1.29 is 13.2 Å². The third-order valence-electron chi connectivity index (χ3n) is 4.76. The molecular weight excluding hydrogens is 311 g/mol. The van der Waals surface area contributed by atoms with Crippen LogP contribution >= 0.6 is 0 Å². The van der Waals surface area contributed by atoms with Crippen LogP contribution in [-0.4, -0.2) is 0 Å². The van der Waals surface area contributed by atoms with E-state index in [1.807, 2.05) is 13.0 Å². The zero-order chi connectivity index (χ0) is 17.3. The van der Waals surface area contributed by atoms with Crippen LogP contribution < -0.4 is 0 Å². The Morgan fingerprint density at radius 1 is 1.17 bits per heavy atom. The summed E-state index contributed by atoms with van der Waals surface area (Å²) in [4.78, 5) is 0. The maximum atomic E-state index is 14.4. The van der Waals surface area contributed by atoms with E-state index in [0.717, 1.165) is 12.0 Å². The molecule has 1 unspecified atom stereocenters. The standard InChI is InChI=1S/C20H18F3N/c1-2-3-12-8-17(21)19(18(22)9-12)14-6-7-16-13(10-14)4-5-15(11-24)20(16)23/h4-5,8-9,14H,2-3,6-7,10H2,1H3. The van der Waals surface area contributed by atoms with Gasteiger partial charge < -0.3 is 0 Å². The molecule has 0 spiro atoms. The van der Waals surface area contributed by atoms with E-state index in [1.165, 1.54) is 18.2 Å². The molecule has 1 atom stereocenters. The second-order valence-electron chi connectivity index (χ2n) is 6.34. The third-order valence-corrected chi connectivity index (χ3v) is 4.76. The monoisotopic (exact) mass is 329 g/mol. The summed E-state index contributed by atoms with van der Waals surface area (Å²) in [6, 6.07) is 7.79. The second-order valence-corrected chi connectivity index (χ2v) is 6.34. The first-order chi connectivity index (χ1) is 11.5. The Kier molecular flexibility index (Phi) is 4.62. The molecule has 3 rings (SSSR count). The van der Waals surface area contributed by atoms with E-state index >= 15 is 0 Å². The van der Waals surface area contributed by atoms with Gasteiger partial charge in [0.05, 0.1) is 5.56 Å². The van der Waals surface area contributed by atoms with Gasteiger partial charge in [-0.2, -0.15) is 5.26 Å². The van der Waals surface area contributed by atoms with E-state index in [0.29, 0.717) is 36.8 Å². The van der Waals surface area contributed by atoms with E-state index in [4.69, 9.17) is 5.26 Å². The molecule has 4 heteroatoms. The van der Waals surface area contributed by atoms with Gasteiger partial charge in [-0.15, -0.1) is 0 Å². The molecule has 0 aromatic heterocycles. The molecule has 0 saturated carbocycles. The van der Waals surface area contributed by atoms with Gasteiger partial charge in [-0.1, -0.05) is 19.4 Å². The molecule has 24 heavy (non-hydrogen) atoms. The summed E-state index contributed by atoms with van der Waals surface area (Å²) in [5.41, 5.74) is 2.03. The SMILES string of the molecule is CCCc1cc(F)c(C2CCc3c(ccc(C#N)c3F)C2)c(F)c1. The molecule has 1 aliphatic rings. The van der Waals surface area contributed by atoms with Gasteiger partial charge in [0, 0.05) is 5.56 Å². The Bertz CT molecular complexity index is 797. The average molecular weight is 329 g/mol. The molecule has 0 radical (unpaired) electrons. The minimum absolute atomic E-state index is 0.0217. The molecule has 124 valence electrons. The van der Waals surface area contributed by atoms with Gasteiger partial charge in [-0.3, -0.25) is 0 Å². The van der Waals surface area contributed by atoms with Crippen LogP contribution in [0.2, 0.25) is 0 Å². The fourth-order valence-corrected chi connectivity index (χ4v) is 3.60. The maximum Gasteiger partial charge on any atom is 0.144 e. The molecule has 0 saturated heterocycles. The van der Waals surface area contributed by atoms with Crippen LogP contribution in [0.4, 0.5) is 13.2 Å². The lowest BCUT2D eigenvalue weighted by Gasteiger charge is -2.26. The lowest BCUT2D eigenvalue weighted by molar-refractivity contribution is 0.480. The Morgan fingerprint density at radius 2 is 1.88 bits per heavy atom. The number of nitrogens with zero attached hydrogens (tertiary/aromatic N) is 1. The van der Waals surface area contributed by atoms with Crippen LogP contribution in [0.1, 0.15) is 53.5 Å².